The lowest BCUT2D eigenvalue weighted by atomic mass is 10.1. The van der Waals surface area contributed by atoms with E-state index in [4.69, 9.17) is 17.3 Å². The lowest BCUT2D eigenvalue weighted by molar-refractivity contribution is 1.32. The summed E-state index contributed by atoms with van der Waals surface area (Å²) >= 11 is 5.87. The van der Waals surface area contributed by atoms with Crippen LogP contribution in [0.2, 0.25) is 5.02 Å². The van der Waals surface area contributed by atoms with E-state index in [2.05, 4.69) is 9.97 Å². The van der Waals surface area contributed by atoms with Crippen molar-refractivity contribution in [2.45, 2.75) is 0 Å². The van der Waals surface area contributed by atoms with Crippen LogP contribution in [0.15, 0.2) is 48.8 Å². The van der Waals surface area contributed by atoms with Gasteiger partial charge in [-0.25, -0.2) is 4.98 Å². The number of halogens is 1. The summed E-state index contributed by atoms with van der Waals surface area (Å²) in [5, 5.41) is 2.61. The molecule has 0 aliphatic rings. The third-order valence-corrected chi connectivity index (χ3v) is 3.06. The van der Waals surface area contributed by atoms with E-state index in [0.29, 0.717) is 10.8 Å². The van der Waals surface area contributed by atoms with Crippen molar-refractivity contribution >= 4 is 28.2 Å². The van der Waals surface area contributed by atoms with Gasteiger partial charge in [-0.05, 0) is 29.7 Å². The van der Waals surface area contributed by atoms with Gasteiger partial charge < -0.3 is 5.73 Å². The average Bonchev–Trinajstić information content (AvgIpc) is 2.39. The number of fused-ring (bicyclic) bond motifs is 1. The maximum Gasteiger partial charge on any atom is 0.133 e. The van der Waals surface area contributed by atoms with Crippen LogP contribution in [0.1, 0.15) is 0 Å². The lowest BCUT2D eigenvalue weighted by Crippen LogP contribution is -1.94. The molecular weight excluding hydrogens is 246 g/mol. The maximum absolute atomic E-state index is 5.95. The molecule has 0 saturated heterocycles. The highest BCUT2D eigenvalue weighted by Crippen LogP contribution is 2.26. The maximum atomic E-state index is 5.95. The highest BCUT2D eigenvalue weighted by molar-refractivity contribution is 6.30. The van der Waals surface area contributed by atoms with Crippen LogP contribution in [0.5, 0.6) is 0 Å². The fraction of sp³-hybridized carbons (Fsp3) is 0. The van der Waals surface area contributed by atoms with Gasteiger partial charge in [0.05, 0.1) is 5.69 Å². The first-order valence-electron chi connectivity index (χ1n) is 5.50. The van der Waals surface area contributed by atoms with Gasteiger partial charge in [0, 0.05) is 28.4 Å². The highest BCUT2D eigenvalue weighted by atomic mass is 35.5. The molecule has 3 aromatic rings. The van der Waals surface area contributed by atoms with Crippen LogP contribution in [0.4, 0.5) is 5.82 Å². The Morgan fingerprint density at radius 3 is 2.61 bits per heavy atom. The van der Waals surface area contributed by atoms with Crippen molar-refractivity contribution in [3.05, 3.63) is 53.8 Å². The van der Waals surface area contributed by atoms with Crippen LogP contribution in [-0.2, 0) is 0 Å². The Bertz CT molecular complexity index is 708. The SMILES string of the molecule is Nc1nc(-c2ccc(Cl)cc2)cc2ccncc12. The summed E-state index contributed by atoms with van der Waals surface area (Å²) in [4.78, 5) is 8.45. The number of benzene rings is 1. The number of nitrogens with zero attached hydrogens (tertiary/aromatic N) is 2. The zero-order chi connectivity index (χ0) is 12.5. The van der Waals surface area contributed by atoms with Gasteiger partial charge in [0.2, 0.25) is 0 Å². The molecule has 88 valence electrons. The van der Waals surface area contributed by atoms with Gasteiger partial charge in [0.25, 0.3) is 0 Å². The quantitative estimate of drug-likeness (QED) is 0.724. The molecule has 0 saturated carbocycles. The number of rotatable bonds is 1. The first kappa shape index (κ1) is 11.0. The fourth-order valence-corrected chi connectivity index (χ4v) is 2.01. The molecule has 0 spiro atoms. The Labute approximate surface area is 109 Å². The van der Waals surface area contributed by atoms with Gasteiger partial charge >= 0.3 is 0 Å². The Morgan fingerprint density at radius 1 is 1.06 bits per heavy atom. The van der Waals surface area contributed by atoms with Crippen molar-refractivity contribution in [1.29, 1.82) is 0 Å². The molecule has 0 bridgehead atoms. The minimum Gasteiger partial charge on any atom is -0.383 e. The summed E-state index contributed by atoms with van der Waals surface area (Å²) in [6, 6.07) is 11.5. The molecule has 3 rings (SSSR count). The van der Waals surface area contributed by atoms with Crippen LogP contribution in [0.3, 0.4) is 0 Å². The number of hydrogen-bond donors (Lipinski definition) is 1. The lowest BCUT2D eigenvalue weighted by Gasteiger charge is -2.06. The summed E-state index contributed by atoms with van der Waals surface area (Å²) < 4.78 is 0. The zero-order valence-electron chi connectivity index (χ0n) is 9.47. The average molecular weight is 256 g/mol. The molecule has 18 heavy (non-hydrogen) atoms. The van der Waals surface area contributed by atoms with Gasteiger partial charge in [-0.2, -0.15) is 0 Å². The Balaban J connectivity index is 2.21. The van der Waals surface area contributed by atoms with E-state index >= 15 is 0 Å². The summed E-state index contributed by atoms with van der Waals surface area (Å²) in [6.07, 6.45) is 3.47. The smallest absolute Gasteiger partial charge is 0.133 e. The molecule has 0 aliphatic heterocycles. The van der Waals surface area contributed by atoms with Crippen LogP contribution < -0.4 is 5.73 Å². The minimum absolute atomic E-state index is 0.491. The van der Waals surface area contributed by atoms with Gasteiger partial charge in [0.1, 0.15) is 5.82 Å². The molecular formula is C14H10ClN3. The normalized spacial score (nSPS) is 10.7. The van der Waals surface area contributed by atoms with Crippen molar-refractivity contribution in [3.8, 4) is 11.3 Å². The van der Waals surface area contributed by atoms with E-state index in [1.807, 2.05) is 36.4 Å². The largest absolute Gasteiger partial charge is 0.383 e. The van der Waals surface area contributed by atoms with Crippen molar-refractivity contribution in [2.75, 3.05) is 5.73 Å². The topological polar surface area (TPSA) is 51.8 Å². The number of anilines is 1. The van der Waals surface area contributed by atoms with Crippen LogP contribution in [0.25, 0.3) is 22.0 Å². The van der Waals surface area contributed by atoms with E-state index in [-0.39, 0.29) is 0 Å². The molecule has 4 heteroatoms. The van der Waals surface area contributed by atoms with E-state index in [9.17, 15) is 0 Å². The third-order valence-electron chi connectivity index (χ3n) is 2.80. The predicted molar refractivity (Wildman–Crippen MR) is 74.4 cm³/mol. The van der Waals surface area contributed by atoms with E-state index in [0.717, 1.165) is 22.0 Å². The van der Waals surface area contributed by atoms with Gasteiger partial charge in [0.15, 0.2) is 0 Å². The number of aromatic nitrogens is 2. The van der Waals surface area contributed by atoms with E-state index in [1.54, 1.807) is 12.4 Å². The molecule has 2 heterocycles. The molecule has 0 aliphatic carbocycles. The standard InChI is InChI=1S/C14H10ClN3/c15-11-3-1-9(2-4-11)13-7-10-5-6-17-8-12(10)14(16)18-13/h1-8H,(H2,16,18). The minimum atomic E-state index is 0.491. The second-order valence-corrected chi connectivity index (χ2v) is 4.43. The predicted octanol–water partition coefficient (Wildman–Crippen LogP) is 3.53. The highest BCUT2D eigenvalue weighted by Gasteiger charge is 2.05. The molecule has 3 nitrogen and oxygen atoms in total. The van der Waals surface area contributed by atoms with Gasteiger partial charge in [-0.3, -0.25) is 4.98 Å². The monoisotopic (exact) mass is 255 g/mol. The van der Waals surface area contributed by atoms with Gasteiger partial charge in [-0.1, -0.05) is 23.7 Å². The van der Waals surface area contributed by atoms with E-state index < -0.39 is 0 Å². The first-order valence-corrected chi connectivity index (χ1v) is 5.88. The number of pyridine rings is 2. The summed E-state index contributed by atoms with van der Waals surface area (Å²) in [6.45, 7) is 0. The second kappa shape index (κ2) is 4.27. The molecule has 0 amide bonds. The molecule has 2 N–H and O–H groups in total. The Kier molecular flexibility index (Phi) is 2.61. The molecule has 1 aromatic carbocycles. The van der Waals surface area contributed by atoms with Crippen molar-refractivity contribution < 1.29 is 0 Å². The third kappa shape index (κ3) is 1.89. The molecule has 0 fully saturated rings. The molecule has 0 unspecified atom stereocenters. The zero-order valence-corrected chi connectivity index (χ0v) is 10.2. The summed E-state index contributed by atoms with van der Waals surface area (Å²) in [5.41, 5.74) is 7.77. The van der Waals surface area contributed by atoms with Crippen LogP contribution >= 0.6 is 11.6 Å². The molecule has 0 radical (unpaired) electrons. The van der Waals surface area contributed by atoms with Crippen molar-refractivity contribution in [3.63, 3.8) is 0 Å². The Morgan fingerprint density at radius 2 is 1.83 bits per heavy atom. The van der Waals surface area contributed by atoms with Crippen molar-refractivity contribution in [1.82, 2.24) is 9.97 Å². The first-order chi connectivity index (χ1) is 8.74. The van der Waals surface area contributed by atoms with Crippen LogP contribution in [0, 0.1) is 0 Å². The molecule has 0 atom stereocenters. The summed E-state index contributed by atoms with van der Waals surface area (Å²) in [5.74, 6) is 0.491. The number of hydrogen-bond acceptors (Lipinski definition) is 3. The molecule has 2 aromatic heterocycles. The van der Waals surface area contributed by atoms with Crippen molar-refractivity contribution in [2.24, 2.45) is 0 Å². The van der Waals surface area contributed by atoms with E-state index in [1.165, 1.54) is 0 Å². The van der Waals surface area contributed by atoms with Gasteiger partial charge in [-0.15, -0.1) is 0 Å². The second-order valence-electron chi connectivity index (χ2n) is 4.00. The Hall–Kier alpha value is -2.13. The number of nitrogen functional groups attached to an aromatic ring is 1. The summed E-state index contributed by atoms with van der Waals surface area (Å²) in [7, 11) is 0. The van der Waals surface area contributed by atoms with Crippen LogP contribution in [-0.4, -0.2) is 9.97 Å². The number of nitrogens with two attached hydrogens (primary N) is 1. The fourth-order valence-electron chi connectivity index (χ4n) is 1.88.